The van der Waals surface area contributed by atoms with Gasteiger partial charge in [0.05, 0.1) is 32.5 Å². The first kappa shape index (κ1) is 23.6. The van der Waals surface area contributed by atoms with E-state index < -0.39 is 20.7 Å². The number of carbonyl (C=O) groups is 1. The number of hydrogen-bond donors (Lipinski definition) is 3. The van der Waals surface area contributed by atoms with Gasteiger partial charge in [0.1, 0.15) is 29.4 Å². The van der Waals surface area contributed by atoms with Crippen molar-refractivity contribution in [2.24, 2.45) is 0 Å². The van der Waals surface area contributed by atoms with Crippen molar-refractivity contribution < 1.29 is 23.1 Å². The Hall–Kier alpha value is -3.51. The number of carboxylic acid groups (broad SMARTS) is 1. The van der Waals surface area contributed by atoms with Gasteiger partial charge in [0.15, 0.2) is 9.84 Å². The monoisotopic (exact) mass is 501 g/mol. The van der Waals surface area contributed by atoms with Crippen LogP contribution >= 0.6 is 11.3 Å². The van der Waals surface area contributed by atoms with Gasteiger partial charge < -0.3 is 20.5 Å². The zero-order valence-electron chi connectivity index (χ0n) is 18.7. The van der Waals surface area contributed by atoms with Crippen LogP contribution in [0.5, 0.6) is 5.75 Å². The van der Waals surface area contributed by atoms with Gasteiger partial charge in [-0.25, -0.2) is 28.2 Å². The summed E-state index contributed by atoms with van der Waals surface area (Å²) in [4.78, 5) is 23.6. The number of sulfone groups is 1. The van der Waals surface area contributed by atoms with Gasteiger partial charge in [-0.05, 0) is 45.0 Å². The average molecular weight is 502 g/mol. The maximum Gasteiger partial charge on any atom is 0.404 e. The van der Waals surface area contributed by atoms with Crippen LogP contribution in [-0.2, 0) is 9.84 Å². The third-order valence-electron chi connectivity index (χ3n) is 5.03. The minimum absolute atomic E-state index is 0.00193. The second-order valence-electron chi connectivity index (χ2n) is 8.39. The van der Waals surface area contributed by atoms with E-state index in [9.17, 15) is 13.2 Å². The van der Waals surface area contributed by atoms with Gasteiger partial charge in [0.25, 0.3) is 0 Å². The molecule has 1 amide bonds. The minimum Gasteiger partial charge on any atom is -0.490 e. The number of benzene rings is 2. The van der Waals surface area contributed by atoms with Crippen LogP contribution in [0.25, 0.3) is 21.1 Å². The molecule has 0 aliphatic carbocycles. The molecule has 12 heteroatoms. The number of nitrogens with one attached hydrogen (secondary N) is 2. The summed E-state index contributed by atoms with van der Waals surface area (Å²) in [6, 6.07) is 8.77. The molecule has 10 nitrogen and oxygen atoms in total. The van der Waals surface area contributed by atoms with Gasteiger partial charge in [0, 0.05) is 17.1 Å². The molecular formula is C22H23N5O5S2. The van der Waals surface area contributed by atoms with E-state index in [0.717, 1.165) is 15.9 Å². The number of nitrogens with zero attached hydrogens (tertiary/aromatic N) is 3. The molecule has 2 aromatic heterocycles. The van der Waals surface area contributed by atoms with E-state index in [1.54, 1.807) is 37.6 Å². The molecule has 0 saturated carbocycles. The number of thiazole rings is 1. The molecule has 0 atom stereocenters. The topological polar surface area (TPSA) is 143 Å². The standard InChI is InChI=1S/C22H23N5O5S2/c1-22(2,3)34(30,31)19-9-14-15(10-17(19)32-7-6-23-21(28)29)24-11-25-20(14)27-13-4-5-18-16(8-13)26-12-33-18/h4-5,8-12,23H,6-7H2,1-3H3,(H,28,29)(H,24,25,27). The molecule has 2 heterocycles. The zero-order valence-corrected chi connectivity index (χ0v) is 20.3. The van der Waals surface area contributed by atoms with E-state index in [4.69, 9.17) is 9.84 Å². The number of hydrogen-bond acceptors (Lipinski definition) is 9. The SMILES string of the molecule is CC(C)(C)S(=O)(=O)c1cc2c(Nc3ccc4scnc4c3)ncnc2cc1OCCNC(=O)O. The first-order valence-corrected chi connectivity index (χ1v) is 12.7. The van der Waals surface area contributed by atoms with Crippen LogP contribution in [0, 0.1) is 0 Å². The molecule has 0 spiro atoms. The Balaban J connectivity index is 1.78. The van der Waals surface area contributed by atoms with Crippen LogP contribution in [0.1, 0.15) is 20.8 Å². The summed E-state index contributed by atoms with van der Waals surface area (Å²) in [5.74, 6) is 0.534. The fourth-order valence-electron chi connectivity index (χ4n) is 3.21. The Morgan fingerprint density at radius 1 is 1.12 bits per heavy atom. The van der Waals surface area contributed by atoms with Crippen molar-refractivity contribution >= 4 is 59.9 Å². The molecule has 178 valence electrons. The second kappa shape index (κ2) is 9.03. The molecule has 0 fully saturated rings. The summed E-state index contributed by atoms with van der Waals surface area (Å²) in [6.45, 7) is 4.76. The molecule has 0 saturated heterocycles. The van der Waals surface area contributed by atoms with Gasteiger partial charge in [-0.3, -0.25) is 0 Å². The lowest BCUT2D eigenvalue weighted by Crippen LogP contribution is -2.29. The van der Waals surface area contributed by atoms with Crippen molar-refractivity contribution in [2.45, 2.75) is 30.4 Å². The van der Waals surface area contributed by atoms with Crippen LogP contribution in [0.4, 0.5) is 16.3 Å². The fraction of sp³-hybridized carbons (Fsp3) is 0.273. The van der Waals surface area contributed by atoms with E-state index in [2.05, 4.69) is 25.6 Å². The van der Waals surface area contributed by atoms with Crippen LogP contribution in [0.2, 0.25) is 0 Å². The highest BCUT2D eigenvalue weighted by molar-refractivity contribution is 7.92. The number of fused-ring (bicyclic) bond motifs is 2. The normalized spacial score (nSPS) is 12.1. The Morgan fingerprint density at radius 2 is 1.91 bits per heavy atom. The molecule has 0 aliphatic rings. The summed E-state index contributed by atoms with van der Waals surface area (Å²) in [5, 5.41) is 14.7. The lowest BCUT2D eigenvalue weighted by molar-refractivity contribution is 0.191. The Bertz CT molecular complexity index is 1480. The fourth-order valence-corrected chi connectivity index (χ4v) is 5.18. The molecule has 34 heavy (non-hydrogen) atoms. The average Bonchev–Trinajstić information content (AvgIpc) is 3.23. The lowest BCUT2D eigenvalue weighted by Gasteiger charge is -2.22. The summed E-state index contributed by atoms with van der Waals surface area (Å²) in [6.07, 6.45) is 0.184. The molecule has 0 radical (unpaired) electrons. The molecule has 0 bridgehead atoms. The quantitative estimate of drug-likeness (QED) is 0.317. The molecule has 3 N–H and O–H groups in total. The highest BCUT2D eigenvalue weighted by Crippen LogP contribution is 2.37. The van der Waals surface area contributed by atoms with E-state index in [0.29, 0.717) is 16.7 Å². The van der Waals surface area contributed by atoms with Crippen LogP contribution in [0.3, 0.4) is 0 Å². The zero-order chi connectivity index (χ0) is 24.5. The van der Waals surface area contributed by atoms with Crippen LogP contribution in [-0.4, -0.2) is 52.5 Å². The van der Waals surface area contributed by atoms with Crippen LogP contribution < -0.4 is 15.4 Å². The first-order valence-electron chi connectivity index (χ1n) is 10.3. The number of aromatic nitrogens is 3. The molecular weight excluding hydrogens is 478 g/mol. The third kappa shape index (κ3) is 4.73. The Morgan fingerprint density at radius 3 is 2.65 bits per heavy atom. The van der Waals surface area contributed by atoms with Gasteiger partial charge >= 0.3 is 6.09 Å². The van der Waals surface area contributed by atoms with Crippen molar-refractivity contribution in [3.63, 3.8) is 0 Å². The molecule has 4 aromatic rings. The van der Waals surface area contributed by atoms with Gasteiger partial charge in [-0.2, -0.15) is 0 Å². The molecule has 2 aromatic carbocycles. The highest BCUT2D eigenvalue weighted by Gasteiger charge is 2.34. The van der Waals surface area contributed by atoms with Crippen molar-refractivity contribution in [2.75, 3.05) is 18.5 Å². The maximum atomic E-state index is 13.4. The van der Waals surface area contributed by atoms with Crippen LogP contribution in [0.15, 0.2) is 47.1 Å². The van der Waals surface area contributed by atoms with Crippen molar-refractivity contribution in [3.05, 3.63) is 42.2 Å². The minimum atomic E-state index is -3.82. The number of ether oxygens (including phenoxy) is 1. The van der Waals surface area contributed by atoms with Gasteiger partial charge in [0.2, 0.25) is 0 Å². The predicted octanol–water partition coefficient (Wildman–Crippen LogP) is 4.20. The van der Waals surface area contributed by atoms with Crippen molar-refractivity contribution in [1.82, 2.24) is 20.3 Å². The lowest BCUT2D eigenvalue weighted by atomic mass is 10.2. The molecule has 0 unspecified atom stereocenters. The molecule has 4 rings (SSSR count). The predicted molar refractivity (Wildman–Crippen MR) is 131 cm³/mol. The Kier molecular flexibility index (Phi) is 6.28. The van der Waals surface area contributed by atoms with Crippen molar-refractivity contribution in [3.8, 4) is 5.75 Å². The number of anilines is 2. The second-order valence-corrected chi connectivity index (χ2v) is 12.0. The highest BCUT2D eigenvalue weighted by atomic mass is 32.2. The van der Waals surface area contributed by atoms with Gasteiger partial charge in [-0.15, -0.1) is 11.3 Å². The Labute approximate surface area is 200 Å². The largest absolute Gasteiger partial charge is 0.490 e. The first-order chi connectivity index (χ1) is 16.1. The number of amides is 1. The van der Waals surface area contributed by atoms with Crippen molar-refractivity contribution in [1.29, 1.82) is 0 Å². The summed E-state index contributed by atoms with van der Waals surface area (Å²) in [5.41, 5.74) is 3.83. The third-order valence-corrected chi connectivity index (χ3v) is 8.35. The van der Waals surface area contributed by atoms with E-state index in [-0.39, 0.29) is 23.8 Å². The van der Waals surface area contributed by atoms with E-state index >= 15 is 0 Å². The number of rotatable bonds is 7. The maximum absolute atomic E-state index is 13.4. The van der Waals surface area contributed by atoms with E-state index in [1.165, 1.54) is 18.5 Å². The molecule has 0 aliphatic heterocycles. The van der Waals surface area contributed by atoms with E-state index in [1.807, 2.05) is 18.2 Å². The summed E-state index contributed by atoms with van der Waals surface area (Å²) in [7, 11) is -3.82. The summed E-state index contributed by atoms with van der Waals surface area (Å²) >= 11 is 1.54. The smallest absolute Gasteiger partial charge is 0.404 e. The van der Waals surface area contributed by atoms with Gasteiger partial charge in [-0.1, -0.05) is 0 Å². The summed E-state index contributed by atoms with van der Waals surface area (Å²) < 4.78 is 32.4.